The van der Waals surface area contributed by atoms with Gasteiger partial charge in [-0.1, -0.05) is 13.8 Å². The predicted octanol–water partition coefficient (Wildman–Crippen LogP) is 0.336. The van der Waals surface area contributed by atoms with Crippen LogP contribution in [0.25, 0.3) is 0 Å². The molecule has 1 atom stereocenters. The van der Waals surface area contributed by atoms with Crippen LogP contribution < -0.4 is 10.6 Å². The summed E-state index contributed by atoms with van der Waals surface area (Å²) >= 11 is 0. The van der Waals surface area contributed by atoms with E-state index < -0.39 is 24.0 Å². The Morgan fingerprint density at radius 2 is 1.76 bits per heavy atom. The number of carboxylic acids is 2. The molecule has 0 aromatic carbocycles. The standard InChI is InChI=1S/C13H25N3O5/c1-3-16(4-2)9-5-8-14-13(21)15-10(12(19)20)6-7-11(17)18/h10H,3-9H2,1-2H3,(H,17,18)(H,19,20)(H2,14,15,21). The maximum absolute atomic E-state index is 11.5. The first-order valence-corrected chi connectivity index (χ1v) is 7.12. The van der Waals surface area contributed by atoms with Gasteiger partial charge in [0.1, 0.15) is 6.04 Å². The van der Waals surface area contributed by atoms with E-state index in [9.17, 15) is 14.4 Å². The van der Waals surface area contributed by atoms with Gasteiger partial charge in [0.25, 0.3) is 0 Å². The van der Waals surface area contributed by atoms with Gasteiger partial charge in [-0.3, -0.25) is 4.79 Å². The van der Waals surface area contributed by atoms with E-state index in [2.05, 4.69) is 29.4 Å². The van der Waals surface area contributed by atoms with Crippen LogP contribution >= 0.6 is 0 Å². The zero-order chi connectivity index (χ0) is 16.3. The van der Waals surface area contributed by atoms with E-state index in [4.69, 9.17) is 10.2 Å². The van der Waals surface area contributed by atoms with Crippen molar-refractivity contribution in [3.8, 4) is 0 Å². The summed E-state index contributed by atoms with van der Waals surface area (Å²) in [6.07, 6.45) is 0.318. The number of urea groups is 1. The first-order valence-electron chi connectivity index (χ1n) is 7.12. The zero-order valence-electron chi connectivity index (χ0n) is 12.6. The van der Waals surface area contributed by atoms with Gasteiger partial charge in [-0.2, -0.15) is 0 Å². The molecule has 2 amide bonds. The third-order valence-electron chi connectivity index (χ3n) is 3.08. The average molecular weight is 303 g/mol. The molecule has 0 aromatic heterocycles. The number of nitrogens with zero attached hydrogens (tertiary/aromatic N) is 1. The Kier molecular flexibility index (Phi) is 9.95. The van der Waals surface area contributed by atoms with E-state index in [1.54, 1.807) is 0 Å². The van der Waals surface area contributed by atoms with E-state index in [0.29, 0.717) is 6.54 Å². The third-order valence-corrected chi connectivity index (χ3v) is 3.08. The molecular formula is C13H25N3O5. The Bertz CT molecular complexity index is 345. The van der Waals surface area contributed by atoms with Crippen LogP contribution in [0.5, 0.6) is 0 Å². The summed E-state index contributed by atoms with van der Waals surface area (Å²) in [6, 6.07) is -1.78. The molecule has 0 saturated heterocycles. The van der Waals surface area contributed by atoms with Gasteiger partial charge < -0.3 is 25.7 Å². The molecule has 122 valence electrons. The van der Waals surface area contributed by atoms with Crippen molar-refractivity contribution in [2.24, 2.45) is 0 Å². The maximum atomic E-state index is 11.5. The fourth-order valence-corrected chi connectivity index (χ4v) is 1.78. The topological polar surface area (TPSA) is 119 Å². The van der Waals surface area contributed by atoms with Gasteiger partial charge in [0, 0.05) is 13.0 Å². The smallest absolute Gasteiger partial charge is 0.326 e. The first kappa shape index (κ1) is 19.2. The van der Waals surface area contributed by atoms with E-state index in [0.717, 1.165) is 26.1 Å². The third kappa shape index (κ3) is 9.67. The highest BCUT2D eigenvalue weighted by atomic mass is 16.4. The lowest BCUT2D eigenvalue weighted by atomic mass is 10.1. The number of carbonyl (C=O) groups excluding carboxylic acids is 1. The molecule has 0 radical (unpaired) electrons. The minimum atomic E-state index is -1.24. The van der Waals surface area contributed by atoms with Crippen LogP contribution in [0.4, 0.5) is 4.79 Å². The molecule has 8 heteroatoms. The van der Waals surface area contributed by atoms with Gasteiger partial charge >= 0.3 is 18.0 Å². The second-order valence-corrected chi connectivity index (χ2v) is 4.60. The quantitative estimate of drug-likeness (QED) is 0.409. The molecule has 0 fully saturated rings. The molecule has 0 heterocycles. The van der Waals surface area contributed by atoms with E-state index in [-0.39, 0.29) is 12.8 Å². The molecule has 8 nitrogen and oxygen atoms in total. The van der Waals surface area contributed by atoms with Crippen molar-refractivity contribution in [3.63, 3.8) is 0 Å². The molecule has 0 aliphatic heterocycles. The Morgan fingerprint density at radius 1 is 1.14 bits per heavy atom. The number of carbonyl (C=O) groups is 3. The van der Waals surface area contributed by atoms with Crippen LogP contribution in [0.15, 0.2) is 0 Å². The Hall–Kier alpha value is -1.83. The van der Waals surface area contributed by atoms with Crippen molar-refractivity contribution < 1.29 is 24.6 Å². The Morgan fingerprint density at radius 3 is 2.24 bits per heavy atom. The number of aliphatic carboxylic acids is 2. The van der Waals surface area contributed by atoms with Crippen LogP contribution in [0.3, 0.4) is 0 Å². The van der Waals surface area contributed by atoms with Gasteiger partial charge in [-0.25, -0.2) is 9.59 Å². The SMILES string of the molecule is CCN(CC)CCCNC(=O)NC(CCC(=O)O)C(=O)O. The highest BCUT2D eigenvalue weighted by Crippen LogP contribution is 1.98. The van der Waals surface area contributed by atoms with E-state index >= 15 is 0 Å². The Balaban J connectivity index is 3.98. The van der Waals surface area contributed by atoms with E-state index in [1.807, 2.05) is 0 Å². The molecule has 21 heavy (non-hydrogen) atoms. The van der Waals surface area contributed by atoms with Crippen LogP contribution in [-0.4, -0.2) is 65.3 Å². The molecule has 0 aliphatic carbocycles. The van der Waals surface area contributed by atoms with Crippen molar-refractivity contribution in [3.05, 3.63) is 0 Å². The summed E-state index contributed by atoms with van der Waals surface area (Å²) in [5.41, 5.74) is 0. The molecule has 0 saturated carbocycles. The summed E-state index contributed by atoms with van der Waals surface area (Å²) in [5.74, 6) is -2.34. The number of rotatable bonds is 11. The normalized spacial score (nSPS) is 12.0. The molecular weight excluding hydrogens is 278 g/mol. The van der Waals surface area contributed by atoms with Crippen LogP contribution in [0.1, 0.15) is 33.1 Å². The summed E-state index contributed by atoms with van der Waals surface area (Å²) in [5, 5.41) is 22.3. The molecule has 4 N–H and O–H groups in total. The van der Waals surface area contributed by atoms with Gasteiger partial charge in [0.2, 0.25) is 0 Å². The van der Waals surface area contributed by atoms with Gasteiger partial charge in [-0.05, 0) is 32.5 Å². The van der Waals surface area contributed by atoms with Crippen molar-refractivity contribution >= 4 is 18.0 Å². The van der Waals surface area contributed by atoms with E-state index in [1.165, 1.54) is 0 Å². The van der Waals surface area contributed by atoms with Crippen LogP contribution in [0.2, 0.25) is 0 Å². The lowest BCUT2D eigenvalue weighted by molar-refractivity contribution is -0.140. The molecule has 0 aromatic rings. The van der Waals surface area contributed by atoms with Gasteiger partial charge in [0.05, 0.1) is 0 Å². The lowest BCUT2D eigenvalue weighted by Gasteiger charge is -2.18. The fraction of sp³-hybridized carbons (Fsp3) is 0.769. The largest absolute Gasteiger partial charge is 0.481 e. The number of nitrogens with one attached hydrogen (secondary N) is 2. The molecule has 0 spiro atoms. The van der Waals surface area contributed by atoms with Crippen molar-refractivity contribution in [2.75, 3.05) is 26.2 Å². The maximum Gasteiger partial charge on any atom is 0.326 e. The lowest BCUT2D eigenvalue weighted by Crippen LogP contribution is -2.46. The molecule has 1 unspecified atom stereocenters. The minimum absolute atomic E-state index is 0.141. The highest BCUT2D eigenvalue weighted by molar-refractivity contribution is 5.82. The molecule has 0 bridgehead atoms. The summed E-state index contributed by atoms with van der Waals surface area (Å²) in [7, 11) is 0. The van der Waals surface area contributed by atoms with Crippen molar-refractivity contribution in [1.29, 1.82) is 0 Å². The summed E-state index contributed by atoms with van der Waals surface area (Å²) < 4.78 is 0. The van der Waals surface area contributed by atoms with Crippen LogP contribution in [0, 0.1) is 0 Å². The first-order chi connectivity index (χ1) is 9.90. The number of hydrogen-bond donors (Lipinski definition) is 4. The van der Waals surface area contributed by atoms with Crippen LogP contribution in [-0.2, 0) is 9.59 Å². The zero-order valence-corrected chi connectivity index (χ0v) is 12.6. The monoisotopic (exact) mass is 303 g/mol. The number of hydrogen-bond acceptors (Lipinski definition) is 4. The highest BCUT2D eigenvalue weighted by Gasteiger charge is 2.20. The van der Waals surface area contributed by atoms with Gasteiger partial charge in [0.15, 0.2) is 0 Å². The second kappa shape index (κ2) is 10.9. The summed E-state index contributed by atoms with van der Waals surface area (Å²) in [6.45, 7) is 7.30. The minimum Gasteiger partial charge on any atom is -0.481 e. The van der Waals surface area contributed by atoms with Gasteiger partial charge in [-0.15, -0.1) is 0 Å². The summed E-state index contributed by atoms with van der Waals surface area (Å²) in [4.78, 5) is 35.1. The number of carboxylic acid groups (broad SMARTS) is 2. The van der Waals surface area contributed by atoms with Crippen molar-refractivity contribution in [2.45, 2.75) is 39.2 Å². The molecule has 0 rings (SSSR count). The fourth-order valence-electron chi connectivity index (χ4n) is 1.78. The number of amides is 2. The molecule has 0 aliphatic rings. The predicted molar refractivity (Wildman–Crippen MR) is 77.2 cm³/mol. The van der Waals surface area contributed by atoms with Crippen molar-refractivity contribution in [1.82, 2.24) is 15.5 Å². The second-order valence-electron chi connectivity index (χ2n) is 4.60. The average Bonchev–Trinajstić information content (AvgIpc) is 2.43. The Labute approximate surface area is 124 Å².